The maximum absolute atomic E-state index is 7.92. The van der Waals surface area contributed by atoms with Crippen LogP contribution in [0.5, 0.6) is 0 Å². The van der Waals surface area contributed by atoms with Crippen molar-refractivity contribution in [3.05, 3.63) is 0 Å². The summed E-state index contributed by atoms with van der Waals surface area (Å²) in [4.78, 5) is 0. The zero-order chi connectivity index (χ0) is 4.99. The number of hydrogen-bond donors (Lipinski definition) is 1. The second kappa shape index (κ2) is 6.05. The Morgan fingerprint density at radius 2 is 2.14 bits per heavy atom. The molecule has 0 atom stereocenters. The summed E-state index contributed by atoms with van der Waals surface area (Å²) in [5.41, 5.74) is 0.773. The summed E-state index contributed by atoms with van der Waals surface area (Å²) in [6, 6.07) is 0. The van der Waals surface area contributed by atoms with E-state index in [9.17, 15) is 0 Å². The second-order valence-electron chi connectivity index (χ2n) is 1.19. The third kappa shape index (κ3) is 6.05. The quantitative estimate of drug-likeness (QED) is 0.330. The molecule has 0 aromatic rings. The average Bonchev–Trinajstić information content (AvgIpc) is 1.65. The van der Waals surface area contributed by atoms with Gasteiger partial charge in [0.15, 0.2) is 0 Å². The number of nitrogens with zero attached hydrogens (tertiary/aromatic N) is 1. The summed E-state index contributed by atoms with van der Waals surface area (Å²) in [6.45, 7) is 3.72. The molecule has 0 aliphatic carbocycles. The summed E-state index contributed by atoms with van der Waals surface area (Å²) >= 11 is 0. The minimum atomic E-state index is 0. The van der Waals surface area contributed by atoms with Crippen molar-refractivity contribution < 1.29 is 23.8 Å². The summed E-state index contributed by atoms with van der Waals surface area (Å²) < 4.78 is 0. The second-order valence-corrected chi connectivity index (χ2v) is 1.19. The van der Waals surface area contributed by atoms with Gasteiger partial charge in [-0.1, -0.05) is 12.1 Å². The van der Waals surface area contributed by atoms with Crippen LogP contribution in [-0.2, 0) is 18.6 Å². The van der Waals surface area contributed by atoms with Crippen LogP contribution in [0.2, 0.25) is 0 Å². The summed E-state index contributed by atoms with van der Waals surface area (Å²) in [5, 5.41) is 10.8. The molecular weight excluding hydrogens is 129 g/mol. The van der Waals surface area contributed by atoms with Crippen LogP contribution in [0, 0.1) is 0 Å². The first-order chi connectivity index (χ1) is 2.81. The molecule has 0 aliphatic heterocycles. The fourth-order valence-corrected chi connectivity index (χ4v) is 0.0707. The van der Waals surface area contributed by atoms with E-state index in [-0.39, 0.29) is 18.6 Å². The molecule has 0 saturated heterocycles. The molecule has 0 rings (SSSR count). The van der Waals surface area contributed by atoms with Crippen LogP contribution in [0.1, 0.15) is 20.3 Å². The molecule has 0 aliphatic rings. The minimum absolute atomic E-state index is 0. The molecule has 7 heavy (non-hydrogen) atoms. The Balaban J connectivity index is 0. The Kier molecular flexibility index (Phi) is 8.75. The van der Waals surface area contributed by atoms with Gasteiger partial charge in [0, 0.05) is 18.6 Å². The first-order valence-electron chi connectivity index (χ1n) is 1.98. The number of hydrogen-bond acceptors (Lipinski definition) is 2. The molecule has 0 aromatic carbocycles. The monoisotopic (exact) mass is 138 g/mol. The molecular formula is C4H9NOV. The summed E-state index contributed by atoms with van der Waals surface area (Å²) in [5.74, 6) is 0. The van der Waals surface area contributed by atoms with Crippen molar-refractivity contribution in [2.45, 2.75) is 20.3 Å². The Bertz CT molecular complexity index is 62.7. The summed E-state index contributed by atoms with van der Waals surface area (Å²) in [7, 11) is 0. The van der Waals surface area contributed by atoms with Gasteiger partial charge in [0.2, 0.25) is 0 Å². The van der Waals surface area contributed by atoms with Crippen LogP contribution in [-0.4, -0.2) is 10.9 Å². The molecule has 2 nitrogen and oxygen atoms in total. The molecule has 0 saturated carbocycles. The maximum atomic E-state index is 7.92. The molecule has 0 spiro atoms. The Hall–Kier alpha value is 0.0544. The molecule has 0 aromatic heterocycles. The van der Waals surface area contributed by atoms with E-state index in [2.05, 4.69) is 5.16 Å². The van der Waals surface area contributed by atoms with Gasteiger partial charge in [-0.3, -0.25) is 0 Å². The molecule has 41 valence electrons. The van der Waals surface area contributed by atoms with E-state index in [4.69, 9.17) is 5.21 Å². The topological polar surface area (TPSA) is 32.6 Å². The molecule has 0 unspecified atom stereocenters. The van der Waals surface area contributed by atoms with Crippen molar-refractivity contribution in [2.75, 3.05) is 0 Å². The van der Waals surface area contributed by atoms with Gasteiger partial charge in [0.05, 0.1) is 5.71 Å². The van der Waals surface area contributed by atoms with Gasteiger partial charge < -0.3 is 5.21 Å². The van der Waals surface area contributed by atoms with Crippen LogP contribution in [0.15, 0.2) is 5.16 Å². The van der Waals surface area contributed by atoms with E-state index in [0.29, 0.717) is 0 Å². The first-order valence-corrected chi connectivity index (χ1v) is 1.98. The van der Waals surface area contributed by atoms with Crippen LogP contribution in [0.4, 0.5) is 0 Å². The maximum Gasteiger partial charge on any atom is 0.0537 e. The molecule has 1 radical (unpaired) electrons. The van der Waals surface area contributed by atoms with Gasteiger partial charge in [-0.25, -0.2) is 0 Å². The third-order valence-corrected chi connectivity index (χ3v) is 0.682. The molecule has 3 heteroatoms. The van der Waals surface area contributed by atoms with Crippen molar-refractivity contribution >= 4 is 5.71 Å². The zero-order valence-electron chi connectivity index (χ0n) is 4.55. The van der Waals surface area contributed by atoms with Crippen molar-refractivity contribution in [3.63, 3.8) is 0 Å². The smallest absolute Gasteiger partial charge is 0.0537 e. The first kappa shape index (κ1) is 10.1. The molecule has 1 N–H and O–H groups in total. The van der Waals surface area contributed by atoms with Crippen LogP contribution < -0.4 is 0 Å². The van der Waals surface area contributed by atoms with Crippen LogP contribution >= 0.6 is 0 Å². The number of oxime groups is 1. The number of rotatable bonds is 1. The van der Waals surface area contributed by atoms with Crippen molar-refractivity contribution in [1.82, 2.24) is 0 Å². The Labute approximate surface area is 55.5 Å². The normalized spacial score (nSPS) is 10.3. The molecule has 0 heterocycles. The largest absolute Gasteiger partial charge is 0.411 e. The predicted molar refractivity (Wildman–Crippen MR) is 25.2 cm³/mol. The van der Waals surface area contributed by atoms with Crippen LogP contribution in [0.25, 0.3) is 0 Å². The molecule has 0 amide bonds. The van der Waals surface area contributed by atoms with Crippen LogP contribution in [0.3, 0.4) is 0 Å². The molecule has 0 bridgehead atoms. The fourth-order valence-electron chi connectivity index (χ4n) is 0.0707. The van der Waals surface area contributed by atoms with E-state index >= 15 is 0 Å². The van der Waals surface area contributed by atoms with Gasteiger partial charge >= 0.3 is 0 Å². The van der Waals surface area contributed by atoms with Gasteiger partial charge in [0.25, 0.3) is 0 Å². The zero-order valence-corrected chi connectivity index (χ0v) is 5.95. The minimum Gasteiger partial charge on any atom is -0.411 e. The SMILES string of the molecule is CCC(C)=NO.[V]. The average molecular weight is 138 g/mol. The summed E-state index contributed by atoms with van der Waals surface area (Å²) in [6.07, 6.45) is 0.830. The molecule has 0 fully saturated rings. The van der Waals surface area contributed by atoms with Gasteiger partial charge in [-0.15, -0.1) is 0 Å². The standard InChI is InChI=1S/C4H9NO.V/c1-3-4(2)5-6;/h6H,3H2,1-2H3;. The van der Waals surface area contributed by atoms with Gasteiger partial charge in [-0.2, -0.15) is 0 Å². The van der Waals surface area contributed by atoms with Gasteiger partial charge in [0.1, 0.15) is 0 Å². The van der Waals surface area contributed by atoms with Crippen molar-refractivity contribution in [3.8, 4) is 0 Å². The van der Waals surface area contributed by atoms with E-state index < -0.39 is 0 Å². The van der Waals surface area contributed by atoms with Crippen molar-refractivity contribution in [2.24, 2.45) is 5.16 Å². The van der Waals surface area contributed by atoms with Gasteiger partial charge in [-0.05, 0) is 13.3 Å². The third-order valence-electron chi connectivity index (χ3n) is 0.682. The Morgan fingerprint density at radius 3 is 2.14 bits per heavy atom. The van der Waals surface area contributed by atoms with E-state index in [1.165, 1.54) is 0 Å². The fraction of sp³-hybridized carbons (Fsp3) is 0.750. The van der Waals surface area contributed by atoms with E-state index in [1.54, 1.807) is 6.92 Å². The van der Waals surface area contributed by atoms with E-state index in [0.717, 1.165) is 12.1 Å². The predicted octanol–water partition coefficient (Wildman–Crippen LogP) is 1.24. The van der Waals surface area contributed by atoms with Crippen molar-refractivity contribution in [1.29, 1.82) is 0 Å². The van der Waals surface area contributed by atoms with E-state index in [1.807, 2.05) is 6.92 Å². The Morgan fingerprint density at radius 1 is 1.71 bits per heavy atom.